The molecule has 1 unspecified atom stereocenters. The number of aliphatic imine (C=N–C) groups is 1. The third kappa shape index (κ3) is 5.21. The molecule has 1 aliphatic heterocycles. The van der Waals surface area contributed by atoms with Crippen molar-refractivity contribution in [3.8, 4) is 0 Å². The molecule has 1 aromatic heterocycles. The van der Waals surface area contributed by atoms with Crippen molar-refractivity contribution < 1.29 is 4.74 Å². The molecule has 0 spiro atoms. The highest BCUT2D eigenvalue weighted by molar-refractivity contribution is 6.30. The number of benzene rings is 1. The Balaban J connectivity index is 1.46. The zero-order valence-electron chi connectivity index (χ0n) is 18.5. The maximum atomic E-state index is 6.13. The van der Waals surface area contributed by atoms with Gasteiger partial charge in [0.2, 0.25) is 0 Å². The van der Waals surface area contributed by atoms with Crippen LogP contribution < -0.4 is 10.6 Å². The highest BCUT2D eigenvalue weighted by Crippen LogP contribution is 2.41. The van der Waals surface area contributed by atoms with Gasteiger partial charge >= 0.3 is 0 Å². The first-order valence-corrected chi connectivity index (χ1v) is 11.7. The molecular weight excluding hydrogens is 412 g/mol. The third-order valence-electron chi connectivity index (χ3n) is 6.42. The van der Waals surface area contributed by atoms with Gasteiger partial charge < -0.3 is 15.4 Å². The molecule has 1 aliphatic carbocycles. The number of guanidine groups is 1. The number of nitrogens with zero attached hydrogens (tertiary/aromatic N) is 4. The molecule has 7 nitrogen and oxygen atoms in total. The molecule has 2 heterocycles. The molecular formula is C23H33ClN6O. The largest absolute Gasteiger partial charge is 0.377 e. The number of rotatable bonds is 7. The van der Waals surface area contributed by atoms with Crippen LogP contribution in [0, 0.1) is 0 Å². The fraction of sp³-hybridized carbons (Fsp3) is 0.609. The number of halogens is 1. The van der Waals surface area contributed by atoms with Gasteiger partial charge in [-0.15, -0.1) is 0 Å². The highest BCUT2D eigenvalue weighted by atomic mass is 35.5. The second kappa shape index (κ2) is 10.0. The van der Waals surface area contributed by atoms with E-state index in [9.17, 15) is 0 Å². The maximum Gasteiger partial charge on any atom is 0.191 e. The quantitative estimate of drug-likeness (QED) is 0.505. The number of ether oxygens (including phenoxy) is 1. The van der Waals surface area contributed by atoms with Gasteiger partial charge in [-0.3, -0.25) is 4.99 Å². The summed E-state index contributed by atoms with van der Waals surface area (Å²) in [6, 6.07) is 8.63. The molecule has 1 fully saturated rings. The van der Waals surface area contributed by atoms with Crippen molar-refractivity contribution >= 4 is 17.6 Å². The van der Waals surface area contributed by atoms with Crippen molar-refractivity contribution in [2.45, 2.75) is 70.1 Å². The summed E-state index contributed by atoms with van der Waals surface area (Å²) in [7, 11) is 1.67. The van der Waals surface area contributed by atoms with Gasteiger partial charge in [0.05, 0.1) is 13.1 Å². The zero-order valence-corrected chi connectivity index (χ0v) is 19.3. The molecule has 31 heavy (non-hydrogen) atoms. The fourth-order valence-corrected chi connectivity index (χ4v) is 4.93. The summed E-state index contributed by atoms with van der Waals surface area (Å²) in [4.78, 5) is 9.62. The summed E-state index contributed by atoms with van der Waals surface area (Å²) in [5, 5.41) is 12.4. The topological polar surface area (TPSA) is 76.4 Å². The van der Waals surface area contributed by atoms with Crippen molar-refractivity contribution in [3.63, 3.8) is 0 Å². The fourth-order valence-electron chi connectivity index (χ4n) is 4.81. The molecule has 0 amide bonds. The number of methoxy groups -OCH3 is 1. The lowest BCUT2D eigenvalue weighted by Crippen LogP contribution is -2.47. The van der Waals surface area contributed by atoms with E-state index in [2.05, 4.69) is 39.8 Å². The summed E-state index contributed by atoms with van der Waals surface area (Å²) >= 11 is 6.13. The second-order valence-electron chi connectivity index (χ2n) is 8.63. The molecule has 2 N–H and O–H groups in total. The van der Waals surface area contributed by atoms with E-state index in [1.54, 1.807) is 7.11 Å². The molecule has 168 valence electrons. The first kappa shape index (κ1) is 22.1. The summed E-state index contributed by atoms with van der Waals surface area (Å²) in [5.41, 5.74) is 1.46. The molecule has 2 aliphatic rings. The van der Waals surface area contributed by atoms with Gasteiger partial charge in [0, 0.05) is 36.6 Å². The molecule has 0 radical (unpaired) electrons. The van der Waals surface area contributed by atoms with Crippen LogP contribution in [0.25, 0.3) is 0 Å². The Kier molecular flexibility index (Phi) is 7.13. The number of nitrogens with one attached hydrogen (secondary N) is 2. The monoisotopic (exact) mass is 444 g/mol. The van der Waals surface area contributed by atoms with Crippen molar-refractivity contribution in [2.75, 3.05) is 20.2 Å². The minimum absolute atomic E-state index is 0.105. The van der Waals surface area contributed by atoms with E-state index < -0.39 is 0 Å². The molecule has 8 heteroatoms. The summed E-state index contributed by atoms with van der Waals surface area (Å²) in [5.74, 6) is 2.68. The predicted octanol–water partition coefficient (Wildman–Crippen LogP) is 3.46. The van der Waals surface area contributed by atoms with E-state index in [1.165, 1.54) is 31.2 Å². The smallest absolute Gasteiger partial charge is 0.191 e. The van der Waals surface area contributed by atoms with Crippen LogP contribution in [0.2, 0.25) is 5.02 Å². The maximum absolute atomic E-state index is 6.13. The van der Waals surface area contributed by atoms with Crippen LogP contribution in [0.1, 0.15) is 56.2 Å². The second-order valence-corrected chi connectivity index (χ2v) is 9.07. The van der Waals surface area contributed by atoms with E-state index in [1.807, 2.05) is 16.8 Å². The standard InChI is InChI=1S/C23H33ClN6O/c1-3-25-22(27-19-10-11-21-28-20(15-31-2)29-30(21)14-19)26-16-23(12-4-5-13-23)17-6-8-18(24)9-7-17/h6-9,19H,3-5,10-16H2,1-2H3,(H2,25,26,27). The number of hydrogen-bond donors (Lipinski definition) is 2. The van der Waals surface area contributed by atoms with Crippen molar-refractivity contribution in [3.05, 3.63) is 46.5 Å². The molecule has 1 aromatic carbocycles. The molecule has 0 bridgehead atoms. The van der Waals surface area contributed by atoms with Gasteiger partial charge in [0.1, 0.15) is 12.4 Å². The van der Waals surface area contributed by atoms with Crippen LogP contribution in [-0.2, 0) is 29.7 Å². The van der Waals surface area contributed by atoms with E-state index in [-0.39, 0.29) is 11.5 Å². The van der Waals surface area contributed by atoms with Gasteiger partial charge in [0.25, 0.3) is 0 Å². The molecule has 1 atom stereocenters. The van der Waals surface area contributed by atoms with E-state index >= 15 is 0 Å². The van der Waals surface area contributed by atoms with Crippen molar-refractivity contribution in [2.24, 2.45) is 4.99 Å². The zero-order chi connectivity index (χ0) is 21.7. The van der Waals surface area contributed by atoms with Gasteiger partial charge in [0.15, 0.2) is 11.8 Å². The molecule has 2 aromatic rings. The van der Waals surface area contributed by atoms with Crippen LogP contribution in [0.15, 0.2) is 29.3 Å². The Bertz CT molecular complexity index is 888. The van der Waals surface area contributed by atoms with Crippen LogP contribution in [-0.4, -0.2) is 47.0 Å². The number of hydrogen-bond acceptors (Lipinski definition) is 4. The lowest BCUT2D eigenvalue weighted by molar-refractivity contribution is 0.177. The van der Waals surface area contributed by atoms with E-state index in [0.29, 0.717) is 6.61 Å². The van der Waals surface area contributed by atoms with Crippen molar-refractivity contribution in [1.29, 1.82) is 0 Å². The summed E-state index contributed by atoms with van der Waals surface area (Å²) < 4.78 is 7.18. The lowest BCUT2D eigenvalue weighted by Gasteiger charge is -2.29. The van der Waals surface area contributed by atoms with Gasteiger partial charge in [-0.05, 0) is 43.9 Å². The average molecular weight is 445 g/mol. The summed E-state index contributed by atoms with van der Waals surface area (Å²) in [6.45, 7) is 4.96. The SMILES string of the molecule is CCNC(=NCC1(c2ccc(Cl)cc2)CCCC1)NC1CCc2nc(COC)nn2C1. The Labute approximate surface area is 189 Å². The van der Waals surface area contributed by atoms with Crippen molar-refractivity contribution in [1.82, 2.24) is 25.4 Å². The minimum atomic E-state index is 0.105. The van der Waals surface area contributed by atoms with Gasteiger partial charge in [-0.2, -0.15) is 5.10 Å². The molecule has 4 rings (SSSR count). The summed E-state index contributed by atoms with van der Waals surface area (Å²) in [6.07, 6.45) is 6.77. The van der Waals surface area contributed by atoms with Crippen LogP contribution >= 0.6 is 11.6 Å². The lowest BCUT2D eigenvalue weighted by atomic mass is 9.79. The van der Waals surface area contributed by atoms with Crippen LogP contribution in [0.4, 0.5) is 0 Å². The Hall–Kier alpha value is -2.12. The first-order valence-electron chi connectivity index (χ1n) is 11.3. The Morgan fingerprint density at radius 2 is 2.06 bits per heavy atom. The number of aromatic nitrogens is 3. The highest BCUT2D eigenvalue weighted by Gasteiger charge is 2.35. The predicted molar refractivity (Wildman–Crippen MR) is 124 cm³/mol. The van der Waals surface area contributed by atoms with E-state index in [0.717, 1.165) is 55.1 Å². The van der Waals surface area contributed by atoms with Crippen LogP contribution in [0.5, 0.6) is 0 Å². The number of aryl methyl sites for hydroxylation is 1. The Morgan fingerprint density at radius 1 is 1.29 bits per heavy atom. The van der Waals surface area contributed by atoms with Gasteiger partial charge in [-0.1, -0.05) is 36.6 Å². The third-order valence-corrected chi connectivity index (χ3v) is 6.67. The molecule has 0 saturated heterocycles. The molecule has 1 saturated carbocycles. The minimum Gasteiger partial charge on any atom is -0.377 e. The normalized spacial score (nSPS) is 20.5. The Morgan fingerprint density at radius 3 is 2.77 bits per heavy atom. The number of fused-ring (bicyclic) bond motifs is 1. The van der Waals surface area contributed by atoms with E-state index in [4.69, 9.17) is 21.3 Å². The average Bonchev–Trinajstić information content (AvgIpc) is 3.40. The van der Waals surface area contributed by atoms with Crippen LogP contribution in [0.3, 0.4) is 0 Å². The van der Waals surface area contributed by atoms with Gasteiger partial charge in [-0.25, -0.2) is 9.67 Å². The first-order chi connectivity index (χ1) is 15.1.